The van der Waals surface area contributed by atoms with Crippen LogP contribution in [0.5, 0.6) is 0 Å². The molecular weight excluding hydrogens is 400 g/mol. The van der Waals surface area contributed by atoms with Gasteiger partial charge in [-0.1, -0.05) is 50.6 Å². The molecule has 0 radical (unpaired) electrons. The summed E-state index contributed by atoms with van der Waals surface area (Å²) in [4.78, 5) is 29.6. The van der Waals surface area contributed by atoms with Crippen molar-refractivity contribution in [3.05, 3.63) is 58.9 Å². The van der Waals surface area contributed by atoms with Gasteiger partial charge in [-0.3, -0.25) is 4.79 Å². The van der Waals surface area contributed by atoms with E-state index in [0.717, 1.165) is 24.2 Å². The van der Waals surface area contributed by atoms with Gasteiger partial charge in [-0.05, 0) is 36.1 Å². The van der Waals surface area contributed by atoms with Gasteiger partial charge in [-0.25, -0.2) is 4.79 Å². The van der Waals surface area contributed by atoms with E-state index in [-0.39, 0.29) is 30.4 Å². The second-order valence-corrected chi connectivity index (χ2v) is 8.55. The number of nitrogens with one attached hydrogen (secondary N) is 1. The lowest BCUT2D eigenvalue weighted by Crippen LogP contribution is -2.50. The van der Waals surface area contributed by atoms with E-state index in [2.05, 4.69) is 9.88 Å². The maximum atomic E-state index is 13.4. The maximum Gasteiger partial charge on any atom is 0.317 e. The highest BCUT2D eigenvalue weighted by Gasteiger charge is 2.34. The molecule has 3 amide bonds. The zero-order chi connectivity index (χ0) is 21.7. The number of hydrogen-bond donors (Lipinski definition) is 1. The maximum absolute atomic E-state index is 13.4. The Bertz CT molecular complexity index is 880. The number of nitrogens with zero attached hydrogens (tertiary/aromatic N) is 3. The van der Waals surface area contributed by atoms with E-state index in [1.807, 2.05) is 68.3 Å². The van der Waals surface area contributed by atoms with Crippen molar-refractivity contribution in [2.24, 2.45) is 5.92 Å². The smallest absolute Gasteiger partial charge is 0.317 e. The summed E-state index contributed by atoms with van der Waals surface area (Å²) in [6.07, 6.45) is 2.89. The SMILES string of the molecule is CCCNC(=O)N(CC(=O)N1CCn2cccc2C1c1ccccc1Cl)CC(C)C. The highest BCUT2D eigenvalue weighted by Crippen LogP contribution is 2.36. The van der Waals surface area contributed by atoms with Gasteiger partial charge in [0, 0.05) is 43.1 Å². The van der Waals surface area contributed by atoms with Crippen LogP contribution < -0.4 is 5.32 Å². The van der Waals surface area contributed by atoms with Crippen LogP contribution in [0.15, 0.2) is 42.6 Å². The number of amides is 3. The van der Waals surface area contributed by atoms with Crippen LogP contribution in [-0.4, -0.2) is 52.5 Å². The summed E-state index contributed by atoms with van der Waals surface area (Å²) in [5.41, 5.74) is 1.94. The number of aromatic nitrogens is 1. The van der Waals surface area contributed by atoms with E-state index < -0.39 is 0 Å². The van der Waals surface area contributed by atoms with Crippen molar-refractivity contribution in [3.63, 3.8) is 0 Å². The van der Waals surface area contributed by atoms with E-state index in [9.17, 15) is 9.59 Å². The molecule has 7 heteroatoms. The summed E-state index contributed by atoms with van der Waals surface area (Å²) in [5, 5.41) is 3.53. The van der Waals surface area contributed by atoms with Crippen LogP contribution in [0.2, 0.25) is 5.02 Å². The quantitative estimate of drug-likeness (QED) is 0.717. The molecule has 162 valence electrons. The minimum Gasteiger partial charge on any atom is -0.348 e. The Hall–Kier alpha value is -2.47. The lowest BCUT2D eigenvalue weighted by atomic mass is 9.99. The van der Waals surface area contributed by atoms with Crippen LogP contribution in [-0.2, 0) is 11.3 Å². The van der Waals surface area contributed by atoms with Crippen LogP contribution in [0.25, 0.3) is 0 Å². The molecular formula is C23H31ClN4O2. The van der Waals surface area contributed by atoms with Gasteiger partial charge in [-0.15, -0.1) is 0 Å². The number of carbonyl (C=O) groups excluding carboxylic acids is 2. The zero-order valence-corrected chi connectivity index (χ0v) is 18.7. The van der Waals surface area contributed by atoms with Gasteiger partial charge >= 0.3 is 6.03 Å². The van der Waals surface area contributed by atoms with Crippen LogP contribution >= 0.6 is 11.6 Å². The monoisotopic (exact) mass is 430 g/mol. The zero-order valence-electron chi connectivity index (χ0n) is 18.0. The number of urea groups is 1. The van der Waals surface area contributed by atoms with Crippen molar-refractivity contribution >= 4 is 23.5 Å². The number of halogens is 1. The molecule has 0 spiro atoms. The summed E-state index contributed by atoms with van der Waals surface area (Å²) >= 11 is 6.52. The lowest BCUT2D eigenvalue weighted by molar-refractivity contribution is -0.134. The Morgan fingerprint density at radius 2 is 1.97 bits per heavy atom. The normalized spacial score (nSPS) is 15.8. The highest BCUT2D eigenvalue weighted by molar-refractivity contribution is 6.31. The van der Waals surface area contributed by atoms with Gasteiger partial charge in [0.1, 0.15) is 6.54 Å². The van der Waals surface area contributed by atoms with Crippen LogP contribution in [0, 0.1) is 5.92 Å². The molecule has 0 saturated heterocycles. The molecule has 0 saturated carbocycles. The molecule has 3 rings (SSSR count). The third-order valence-electron chi connectivity index (χ3n) is 5.28. The summed E-state index contributed by atoms with van der Waals surface area (Å²) < 4.78 is 2.16. The molecule has 0 bridgehead atoms. The van der Waals surface area contributed by atoms with Crippen molar-refractivity contribution in [3.8, 4) is 0 Å². The molecule has 1 aromatic carbocycles. The van der Waals surface area contributed by atoms with Crippen molar-refractivity contribution < 1.29 is 9.59 Å². The molecule has 1 unspecified atom stereocenters. The van der Waals surface area contributed by atoms with E-state index in [4.69, 9.17) is 11.6 Å². The molecule has 2 heterocycles. The van der Waals surface area contributed by atoms with Crippen LogP contribution in [0.4, 0.5) is 4.79 Å². The fraction of sp³-hybridized carbons (Fsp3) is 0.478. The van der Waals surface area contributed by atoms with Crippen molar-refractivity contribution in [1.82, 2.24) is 19.7 Å². The molecule has 30 heavy (non-hydrogen) atoms. The van der Waals surface area contributed by atoms with Crippen molar-refractivity contribution in [2.75, 3.05) is 26.2 Å². The van der Waals surface area contributed by atoms with Gasteiger partial charge < -0.3 is 19.7 Å². The van der Waals surface area contributed by atoms with E-state index in [1.54, 1.807) is 4.90 Å². The van der Waals surface area contributed by atoms with Gasteiger partial charge in [-0.2, -0.15) is 0 Å². The topological polar surface area (TPSA) is 57.6 Å². The minimum absolute atomic E-state index is 0.0510. The van der Waals surface area contributed by atoms with Gasteiger partial charge in [0.2, 0.25) is 5.91 Å². The Balaban J connectivity index is 1.87. The number of benzene rings is 1. The third kappa shape index (κ3) is 4.98. The first-order chi connectivity index (χ1) is 14.4. The Morgan fingerprint density at radius 3 is 2.67 bits per heavy atom. The van der Waals surface area contributed by atoms with E-state index in [0.29, 0.717) is 24.7 Å². The van der Waals surface area contributed by atoms with Crippen molar-refractivity contribution in [2.45, 2.75) is 39.8 Å². The Labute approximate surface area is 183 Å². The number of fused-ring (bicyclic) bond motifs is 1. The summed E-state index contributed by atoms with van der Waals surface area (Å²) in [6, 6.07) is 11.2. The summed E-state index contributed by atoms with van der Waals surface area (Å²) in [5.74, 6) is 0.197. The predicted octanol–water partition coefficient (Wildman–Crippen LogP) is 4.15. The molecule has 0 fully saturated rings. The van der Waals surface area contributed by atoms with Crippen LogP contribution in [0.3, 0.4) is 0 Å². The first-order valence-corrected chi connectivity index (χ1v) is 11.0. The molecule has 1 aromatic heterocycles. The largest absolute Gasteiger partial charge is 0.348 e. The summed E-state index contributed by atoms with van der Waals surface area (Å²) in [6.45, 7) is 8.58. The van der Waals surface area contributed by atoms with Crippen molar-refractivity contribution in [1.29, 1.82) is 0 Å². The van der Waals surface area contributed by atoms with Gasteiger partial charge in [0.25, 0.3) is 0 Å². The first kappa shape index (κ1) is 22.2. The molecule has 6 nitrogen and oxygen atoms in total. The molecule has 1 atom stereocenters. The Morgan fingerprint density at radius 1 is 1.20 bits per heavy atom. The minimum atomic E-state index is -0.269. The number of hydrogen-bond acceptors (Lipinski definition) is 2. The second kappa shape index (κ2) is 10.0. The number of rotatable bonds is 7. The average Bonchev–Trinajstić information content (AvgIpc) is 3.19. The van der Waals surface area contributed by atoms with Crippen LogP contribution in [0.1, 0.15) is 44.5 Å². The highest BCUT2D eigenvalue weighted by atomic mass is 35.5. The average molecular weight is 431 g/mol. The fourth-order valence-corrected chi connectivity index (χ4v) is 4.17. The second-order valence-electron chi connectivity index (χ2n) is 8.14. The number of carbonyl (C=O) groups is 2. The Kier molecular flexibility index (Phi) is 7.43. The third-order valence-corrected chi connectivity index (χ3v) is 5.63. The fourth-order valence-electron chi connectivity index (χ4n) is 3.93. The predicted molar refractivity (Wildman–Crippen MR) is 120 cm³/mol. The lowest BCUT2D eigenvalue weighted by Gasteiger charge is -2.39. The molecule has 1 N–H and O–H groups in total. The van der Waals surface area contributed by atoms with Gasteiger partial charge in [0.15, 0.2) is 0 Å². The molecule has 2 aromatic rings. The standard InChI is InChI=1S/C23H31ClN4O2/c1-4-11-25-23(30)27(15-17(2)3)16-21(29)28-14-13-26-12-7-10-20(26)22(28)18-8-5-6-9-19(18)24/h5-10,12,17,22H,4,11,13-16H2,1-3H3,(H,25,30). The molecule has 1 aliphatic heterocycles. The van der Waals surface area contributed by atoms with E-state index in [1.165, 1.54) is 0 Å². The molecule has 1 aliphatic rings. The van der Waals surface area contributed by atoms with E-state index >= 15 is 0 Å². The van der Waals surface area contributed by atoms with Gasteiger partial charge in [0.05, 0.1) is 6.04 Å². The summed E-state index contributed by atoms with van der Waals surface area (Å²) in [7, 11) is 0. The molecule has 0 aliphatic carbocycles. The first-order valence-electron chi connectivity index (χ1n) is 10.6.